The molecule has 21 heavy (non-hydrogen) atoms. The van der Waals surface area contributed by atoms with Crippen molar-refractivity contribution in [1.29, 1.82) is 0 Å². The topological polar surface area (TPSA) is 34.1 Å². The molecule has 1 aromatic rings. The number of hydrogen-bond acceptors (Lipinski definition) is 3. The maximum Gasteiger partial charge on any atom is 0.122 e. The van der Waals surface area contributed by atoms with Crippen molar-refractivity contribution in [3.63, 3.8) is 0 Å². The summed E-state index contributed by atoms with van der Waals surface area (Å²) >= 11 is 0. The standard InChI is InChI=1S/C18H30N2O/c1-13-7-16(21-6)8-14(20-13)11-19-15-9-17(2,3)12-18(4,5)10-15/h7-8,15,19H,9-12H2,1-6H3. The van der Waals surface area contributed by atoms with Gasteiger partial charge in [0, 0.05) is 30.4 Å². The monoisotopic (exact) mass is 290 g/mol. The van der Waals surface area contributed by atoms with Crippen molar-refractivity contribution in [3.8, 4) is 5.75 Å². The minimum Gasteiger partial charge on any atom is -0.497 e. The molecular weight excluding hydrogens is 260 g/mol. The molecule has 3 nitrogen and oxygen atoms in total. The van der Waals surface area contributed by atoms with Gasteiger partial charge in [-0.3, -0.25) is 4.98 Å². The number of aryl methyl sites for hydroxylation is 1. The molecule has 0 spiro atoms. The van der Waals surface area contributed by atoms with E-state index in [-0.39, 0.29) is 0 Å². The van der Waals surface area contributed by atoms with Gasteiger partial charge in [0.2, 0.25) is 0 Å². The molecule has 1 fully saturated rings. The molecular formula is C18H30N2O. The molecule has 0 saturated heterocycles. The minimum atomic E-state index is 0.414. The van der Waals surface area contributed by atoms with Crippen LogP contribution in [0.15, 0.2) is 12.1 Å². The van der Waals surface area contributed by atoms with E-state index in [1.54, 1.807) is 7.11 Å². The molecule has 0 unspecified atom stereocenters. The molecule has 0 aliphatic heterocycles. The van der Waals surface area contributed by atoms with Crippen LogP contribution in [-0.4, -0.2) is 18.1 Å². The van der Waals surface area contributed by atoms with E-state index in [9.17, 15) is 0 Å². The van der Waals surface area contributed by atoms with Crippen LogP contribution in [0, 0.1) is 17.8 Å². The van der Waals surface area contributed by atoms with Gasteiger partial charge in [0.15, 0.2) is 0 Å². The fourth-order valence-electron chi connectivity index (χ4n) is 4.15. The summed E-state index contributed by atoms with van der Waals surface area (Å²) < 4.78 is 5.33. The largest absolute Gasteiger partial charge is 0.497 e. The predicted molar refractivity (Wildman–Crippen MR) is 87.6 cm³/mol. The van der Waals surface area contributed by atoms with Crippen molar-refractivity contribution < 1.29 is 4.74 Å². The maximum atomic E-state index is 5.33. The van der Waals surface area contributed by atoms with Crippen molar-refractivity contribution in [1.82, 2.24) is 10.3 Å². The van der Waals surface area contributed by atoms with Gasteiger partial charge in [0.1, 0.15) is 5.75 Å². The number of methoxy groups -OCH3 is 1. The highest BCUT2D eigenvalue weighted by Crippen LogP contribution is 2.45. The highest BCUT2D eigenvalue weighted by atomic mass is 16.5. The van der Waals surface area contributed by atoms with Crippen molar-refractivity contribution >= 4 is 0 Å². The summed E-state index contributed by atoms with van der Waals surface area (Å²) in [6, 6.07) is 4.56. The Hall–Kier alpha value is -1.09. The number of hydrogen-bond donors (Lipinski definition) is 1. The second kappa shape index (κ2) is 5.96. The highest BCUT2D eigenvalue weighted by molar-refractivity contribution is 5.26. The Balaban J connectivity index is 2.01. The maximum absolute atomic E-state index is 5.33. The third-order valence-corrected chi connectivity index (χ3v) is 4.34. The van der Waals surface area contributed by atoms with Gasteiger partial charge in [-0.1, -0.05) is 27.7 Å². The lowest BCUT2D eigenvalue weighted by Gasteiger charge is -2.45. The number of rotatable bonds is 4. The van der Waals surface area contributed by atoms with Gasteiger partial charge in [-0.05, 0) is 37.0 Å². The minimum absolute atomic E-state index is 0.414. The van der Waals surface area contributed by atoms with Crippen LogP contribution in [0.1, 0.15) is 58.3 Å². The molecule has 0 aromatic carbocycles. The van der Waals surface area contributed by atoms with Crippen molar-refractivity contribution in [2.75, 3.05) is 7.11 Å². The van der Waals surface area contributed by atoms with E-state index in [2.05, 4.69) is 38.0 Å². The van der Waals surface area contributed by atoms with Gasteiger partial charge in [0.25, 0.3) is 0 Å². The molecule has 118 valence electrons. The Morgan fingerprint density at radius 1 is 1.19 bits per heavy atom. The Morgan fingerprint density at radius 3 is 2.38 bits per heavy atom. The van der Waals surface area contributed by atoms with E-state index in [4.69, 9.17) is 4.74 Å². The van der Waals surface area contributed by atoms with E-state index >= 15 is 0 Å². The molecule has 0 radical (unpaired) electrons. The van der Waals surface area contributed by atoms with Crippen LogP contribution in [0.2, 0.25) is 0 Å². The molecule has 3 heteroatoms. The number of nitrogens with one attached hydrogen (secondary N) is 1. The smallest absolute Gasteiger partial charge is 0.122 e. The Morgan fingerprint density at radius 2 is 1.81 bits per heavy atom. The number of aromatic nitrogens is 1. The van der Waals surface area contributed by atoms with Crippen LogP contribution in [-0.2, 0) is 6.54 Å². The van der Waals surface area contributed by atoms with E-state index in [0.29, 0.717) is 16.9 Å². The van der Waals surface area contributed by atoms with E-state index < -0.39 is 0 Å². The SMILES string of the molecule is COc1cc(C)nc(CNC2CC(C)(C)CC(C)(C)C2)c1. The fourth-order valence-corrected chi connectivity index (χ4v) is 4.15. The summed E-state index contributed by atoms with van der Waals surface area (Å²) in [7, 11) is 1.71. The zero-order valence-corrected chi connectivity index (χ0v) is 14.4. The Kier molecular flexibility index (Phi) is 4.62. The summed E-state index contributed by atoms with van der Waals surface area (Å²) in [5, 5.41) is 3.71. The van der Waals surface area contributed by atoms with Gasteiger partial charge >= 0.3 is 0 Å². The van der Waals surface area contributed by atoms with Crippen LogP contribution >= 0.6 is 0 Å². The first kappa shape index (κ1) is 16.3. The first-order chi connectivity index (χ1) is 9.69. The van der Waals surface area contributed by atoms with Gasteiger partial charge in [-0.25, -0.2) is 0 Å². The number of nitrogens with zero attached hydrogens (tertiary/aromatic N) is 1. The van der Waals surface area contributed by atoms with Gasteiger partial charge in [-0.2, -0.15) is 0 Å². The quantitative estimate of drug-likeness (QED) is 0.906. The van der Waals surface area contributed by atoms with E-state index in [1.165, 1.54) is 19.3 Å². The lowest BCUT2D eigenvalue weighted by atomic mass is 9.63. The summed E-state index contributed by atoms with van der Waals surface area (Å²) in [5.74, 6) is 0.892. The Labute approximate surface area is 129 Å². The normalized spacial score (nSPS) is 21.2. The Bertz CT molecular complexity index is 478. The summed E-state index contributed by atoms with van der Waals surface area (Å²) in [4.78, 5) is 4.60. The van der Waals surface area contributed by atoms with Gasteiger partial charge in [0.05, 0.1) is 12.8 Å². The highest BCUT2D eigenvalue weighted by Gasteiger charge is 2.38. The third kappa shape index (κ3) is 4.70. The molecule has 1 aliphatic carbocycles. The number of ether oxygens (including phenoxy) is 1. The molecule has 0 amide bonds. The molecule has 1 N–H and O–H groups in total. The van der Waals surface area contributed by atoms with Crippen molar-refractivity contribution in [2.24, 2.45) is 10.8 Å². The molecule has 2 rings (SSSR count). The number of pyridine rings is 1. The fraction of sp³-hybridized carbons (Fsp3) is 0.722. The van der Waals surface area contributed by atoms with Crippen molar-refractivity contribution in [2.45, 2.75) is 66.5 Å². The van der Waals surface area contributed by atoms with Gasteiger partial charge in [-0.15, -0.1) is 0 Å². The molecule has 1 heterocycles. The zero-order chi connectivity index (χ0) is 15.7. The first-order valence-corrected chi connectivity index (χ1v) is 7.94. The van der Waals surface area contributed by atoms with Gasteiger partial charge < -0.3 is 10.1 Å². The zero-order valence-electron chi connectivity index (χ0n) is 14.4. The predicted octanol–water partition coefficient (Wildman–Crippen LogP) is 4.09. The van der Waals surface area contributed by atoms with Crippen LogP contribution in [0.5, 0.6) is 5.75 Å². The molecule has 0 bridgehead atoms. The lowest BCUT2D eigenvalue weighted by Crippen LogP contribution is -2.43. The average molecular weight is 290 g/mol. The lowest BCUT2D eigenvalue weighted by molar-refractivity contribution is 0.0843. The summed E-state index contributed by atoms with van der Waals surface area (Å²) in [6.07, 6.45) is 3.77. The van der Waals surface area contributed by atoms with E-state index in [1.807, 2.05) is 19.1 Å². The average Bonchev–Trinajstić information content (AvgIpc) is 2.32. The third-order valence-electron chi connectivity index (χ3n) is 4.34. The summed E-state index contributed by atoms with van der Waals surface area (Å²) in [5.41, 5.74) is 2.90. The van der Waals surface area contributed by atoms with Crippen LogP contribution < -0.4 is 10.1 Å². The summed E-state index contributed by atoms with van der Waals surface area (Å²) in [6.45, 7) is 12.4. The van der Waals surface area contributed by atoms with Crippen molar-refractivity contribution in [3.05, 3.63) is 23.5 Å². The van der Waals surface area contributed by atoms with Crippen LogP contribution in [0.3, 0.4) is 0 Å². The first-order valence-electron chi connectivity index (χ1n) is 7.94. The molecule has 0 atom stereocenters. The van der Waals surface area contributed by atoms with Crippen LogP contribution in [0.4, 0.5) is 0 Å². The molecule has 1 aliphatic rings. The second-order valence-corrected chi connectivity index (χ2v) is 8.13. The van der Waals surface area contributed by atoms with E-state index in [0.717, 1.165) is 23.7 Å². The second-order valence-electron chi connectivity index (χ2n) is 8.13. The molecule has 1 saturated carbocycles. The molecule has 1 aromatic heterocycles. The van der Waals surface area contributed by atoms with Crippen LogP contribution in [0.25, 0.3) is 0 Å².